The van der Waals surface area contributed by atoms with Crippen LogP contribution in [0.25, 0.3) is 11.3 Å². The second-order valence-electron chi connectivity index (χ2n) is 4.95. The van der Waals surface area contributed by atoms with E-state index in [1.807, 2.05) is 12.1 Å². The molecule has 6 heteroatoms. The Kier molecular flexibility index (Phi) is 5.14. The molecule has 2 rings (SSSR count). The highest BCUT2D eigenvalue weighted by Crippen LogP contribution is 2.21. The summed E-state index contributed by atoms with van der Waals surface area (Å²) in [6.07, 6.45) is 4.42. The summed E-state index contributed by atoms with van der Waals surface area (Å²) < 4.78 is 31.7. The first-order chi connectivity index (χ1) is 9.98. The predicted molar refractivity (Wildman–Crippen MR) is 80.2 cm³/mol. The second kappa shape index (κ2) is 6.87. The van der Waals surface area contributed by atoms with E-state index in [1.165, 1.54) is 18.4 Å². The van der Waals surface area contributed by atoms with Crippen LogP contribution in [0.5, 0.6) is 0 Å². The van der Waals surface area contributed by atoms with Gasteiger partial charge in [0, 0.05) is 11.6 Å². The molecule has 2 aromatic rings. The van der Waals surface area contributed by atoms with Gasteiger partial charge in [-0.25, -0.2) is 0 Å². The molecule has 114 valence electrons. The zero-order valence-corrected chi connectivity index (χ0v) is 13.0. The number of nitrogens with zero attached hydrogens (tertiary/aromatic N) is 1. The van der Waals surface area contributed by atoms with Gasteiger partial charge in [-0.05, 0) is 18.4 Å². The van der Waals surface area contributed by atoms with Gasteiger partial charge in [-0.3, -0.25) is 4.18 Å². The first kappa shape index (κ1) is 15.7. The highest BCUT2D eigenvalue weighted by molar-refractivity contribution is 7.85. The lowest BCUT2D eigenvalue weighted by molar-refractivity contribution is 0.296. The third-order valence-corrected chi connectivity index (χ3v) is 3.58. The Balaban J connectivity index is 2.03. The topological polar surface area (TPSA) is 69.4 Å². The zero-order chi connectivity index (χ0) is 15.3. The largest absolute Gasteiger partial charge is 0.356 e. The average Bonchev–Trinajstić information content (AvgIpc) is 2.92. The lowest BCUT2D eigenvalue weighted by Crippen LogP contribution is -2.02. The van der Waals surface area contributed by atoms with Crippen LogP contribution in [0.15, 0.2) is 34.9 Å². The fraction of sp³-hybridized carbons (Fsp3) is 0.400. The molecule has 0 atom stereocenters. The van der Waals surface area contributed by atoms with Crippen LogP contribution < -0.4 is 0 Å². The van der Waals surface area contributed by atoms with E-state index in [4.69, 9.17) is 4.52 Å². The number of hydrogen-bond acceptors (Lipinski definition) is 5. The SMILES string of the molecule is CCCCc1ccc(-c2cc(COS(C)(=O)=O)no2)cc1. The van der Waals surface area contributed by atoms with Crippen LogP contribution in [0, 0.1) is 0 Å². The quantitative estimate of drug-likeness (QED) is 0.735. The maximum absolute atomic E-state index is 10.9. The van der Waals surface area contributed by atoms with Crippen molar-refractivity contribution in [1.29, 1.82) is 0 Å². The van der Waals surface area contributed by atoms with E-state index < -0.39 is 10.1 Å². The highest BCUT2D eigenvalue weighted by Gasteiger charge is 2.09. The van der Waals surface area contributed by atoms with Crippen LogP contribution >= 0.6 is 0 Å². The van der Waals surface area contributed by atoms with Crippen molar-refractivity contribution in [1.82, 2.24) is 5.16 Å². The Hall–Kier alpha value is -1.66. The fourth-order valence-corrected chi connectivity index (χ4v) is 2.23. The van der Waals surface area contributed by atoms with Crippen molar-refractivity contribution in [2.24, 2.45) is 0 Å². The number of rotatable bonds is 7. The molecule has 0 fully saturated rings. The Labute approximate surface area is 125 Å². The van der Waals surface area contributed by atoms with Gasteiger partial charge < -0.3 is 4.52 Å². The van der Waals surface area contributed by atoms with Gasteiger partial charge in [0.15, 0.2) is 5.76 Å². The van der Waals surface area contributed by atoms with E-state index in [9.17, 15) is 8.42 Å². The third-order valence-electron chi connectivity index (χ3n) is 3.04. The van der Waals surface area contributed by atoms with Gasteiger partial charge in [-0.2, -0.15) is 8.42 Å². The van der Waals surface area contributed by atoms with Crippen molar-refractivity contribution in [3.8, 4) is 11.3 Å². The Morgan fingerprint density at radius 1 is 1.24 bits per heavy atom. The molecular weight excluding hydrogens is 290 g/mol. The summed E-state index contributed by atoms with van der Waals surface area (Å²) in [6.45, 7) is 2.06. The van der Waals surface area contributed by atoms with Gasteiger partial charge in [0.2, 0.25) is 0 Å². The molecule has 0 amide bonds. The molecule has 21 heavy (non-hydrogen) atoms. The van der Waals surface area contributed by atoms with Crippen LogP contribution in [-0.2, 0) is 27.3 Å². The summed E-state index contributed by atoms with van der Waals surface area (Å²) >= 11 is 0. The van der Waals surface area contributed by atoms with Crippen molar-refractivity contribution in [3.05, 3.63) is 41.6 Å². The number of aryl methyl sites for hydroxylation is 1. The summed E-state index contributed by atoms with van der Waals surface area (Å²) in [4.78, 5) is 0. The maximum Gasteiger partial charge on any atom is 0.264 e. The number of unbranched alkanes of at least 4 members (excludes halogenated alkanes) is 1. The standard InChI is InChI=1S/C15H19NO4S/c1-3-4-5-12-6-8-13(9-7-12)15-10-14(16-20-15)11-19-21(2,17)18/h6-10H,3-5,11H2,1-2H3. The van der Waals surface area contributed by atoms with Crippen molar-refractivity contribution in [2.45, 2.75) is 32.8 Å². The number of hydrogen-bond donors (Lipinski definition) is 0. The molecule has 0 spiro atoms. The van der Waals surface area contributed by atoms with Gasteiger partial charge in [-0.15, -0.1) is 0 Å². The Morgan fingerprint density at radius 2 is 1.95 bits per heavy atom. The van der Waals surface area contributed by atoms with Crippen LogP contribution in [0.4, 0.5) is 0 Å². The molecular formula is C15H19NO4S. The smallest absolute Gasteiger partial charge is 0.264 e. The first-order valence-electron chi connectivity index (χ1n) is 6.87. The highest BCUT2D eigenvalue weighted by atomic mass is 32.2. The minimum absolute atomic E-state index is 0.114. The first-order valence-corrected chi connectivity index (χ1v) is 8.69. The average molecular weight is 309 g/mol. The summed E-state index contributed by atoms with van der Waals surface area (Å²) in [5.41, 5.74) is 2.65. The summed E-state index contributed by atoms with van der Waals surface area (Å²) in [5, 5.41) is 3.80. The zero-order valence-electron chi connectivity index (χ0n) is 12.2. The van der Waals surface area contributed by atoms with E-state index in [1.54, 1.807) is 6.07 Å². The molecule has 0 saturated carbocycles. The lowest BCUT2D eigenvalue weighted by Gasteiger charge is -2.00. The molecule has 0 N–H and O–H groups in total. The van der Waals surface area contributed by atoms with Gasteiger partial charge in [-0.1, -0.05) is 42.8 Å². The molecule has 0 saturated heterocycles. The minimum atomic E-state index is -3.47. The predicted octanol–water partition coefficient (Wildman–Crippen LogP) is 3.16. The van der Waals surface area contributed by atoms with Crippen molar-refractivity contribution >= 4 is 10.1 Å². The lowest BCUT2D eigenvalue weighted by atomic mass is 10.1. The van der Waals surface area contributed by atoms with E-state index in [2.05, 4.69) is 28.4 Å². The summed E-state index contributed by atoms with van der Waals surface area (Å²) in [7, 11) is -3.47. The summed E-state index contributed by atoms with van der Waals surface area (Å²) in [6, 6.07) is 9.78. The Bertz CT molecular complexity index is 674. The van der Waals surface area contributed by atoms with Crippen molar-refractivity contribution < 1.29 is 17.1 Å². The van der Waals surface area contributed by atoms with Gasteiger partial charge in [0.05, 0.1) is 6.26 Å². The molecule has 0 aliphatic carbocycles. The molecule has 0 aliphatic heterocycles. The molecule has 1 heterocycles. The number of benzene rings is 1. The second-order valence-corrected chi connectivity index (χ2v) is 6.59. The van der Waals surface area contributed by atoms with Crippen LogP contribution in [0.3, 0.4) is 0 Å². The molecule has 0 radical (unpaired) electrons. The maximum atomic E-state index is 10.9. The van der Waals surface area contributed by atoms with Crippen LogP contribution in [0.1, 0.15) is 31.0 Å². The van der Waals surface area contributed by atoms with Gasteiger partial charge in [0.1, 0.15) is 12.3 Å². The molecule has 1 aromatic heterocycles. The van der Waals surface area contributed by atoms with E-state index in [0.717, 1.165) is 18.2 Å². The molecule has 0 unspecified atom stereocenters. The van der Waals surface area contributed by atoms with Gasteiger partial charge in [0.25, 0.3) is 10.1 Å². The van der Waals surface area contributed by atoms with E-state index in [-0.39, 0.29) is 6.61 Å². The normalized spacial score (nSPS) is 11.7. The molecule has 0 bridgehead atoms. The van der Waals surface area contributed by atoms with Crippen molar-refractivity contribution in [3.63, 3.8) is 0 Å². The van der Waals surface area contributed by atoms with Crippen LogP contribution in [0.2, 0.25) is 0 Å². The minimum Gasteiger partial charge on any atom is -0.356 e. The van der Waals surface area contributed by atoms with Gasteiger partial charge >= 0.3 is 0 Å². The third kappa shape index (κ3) is 4.99. The monoisotopic (exact) mass is 309 g/mol. The van der Waals surface area contributed by atoms with Crippen molar-refractivity contribution in [2.75, 3.05) is 6.26 Å². The van der Waals surface area contributed by atoms with E-state index in [0.29, 0.717) is 11.5 Å². The Morgan fingerprint density at radius 3 is 2.57 bits per heavy atom. The summed E-state index contributed by atoms with van der Waals surface area (Å²) in [5.74, 6) is 0.601. The van der Waals surface area contributed by atoms with E-state index >= 15 is 0 Å². The molecule has 0 aliphatic rings. The van der Waals surface area contributed by atoms with Crippen LogP contribution in [-0.4, -0.2) is 19.8 Å². The molecule has 5 nitrogen and oxygen atoms in total. The fourth-order valence-electron chi connectivity index (χ4n) is 1.90. The number of aromatic nitrogens is 1. The molecule has 1 aromatic carbocycles.